The third-order valence-corrected chi connectivity index (χ3v) is 5.09. The predicted octanol–water partition coefficient (Wildman–Crippen LogP) is 3.85. The number of morpholine rings is 1. The summed E-state index contributed by atoms with van der Waals surface area (Å²) in [4.78, 5) is 23.7. The van der Waals surface area contributed by atoms with E-state index in [0.717, 1.165) is 41.5 Å². The monoisotopic (exact) mass is 417 g/mol. The number of ether oxygens (including phenoxy) is 1. The van der Waals surface area contributed by atoms with E-state index in [2.05, 4.69) is 25.5 Å². The number of nitrogens with one attached hydrogen (secondary N) is 2. The first kappa shape index (κ1) is 20.8. The topological polar surface area (TPSA) is 79.4 Å². The van der Waals surface area contributed by atoms with Gasteiger partial charge in [0.25, 0.3) is 0 Å². The SMILES string of the molecule is Cc1ccc(CC(=O)Nc2ccc(Nc3nc(C)cc(N4CCOCC4)n3)cc2)cc1. The van der Waals surface area contributed by atoms with Crippen LogP contribution in [0.5, 0.6) is 0 Å². The summed E-state index contributed by atoms with van der Waals surface area (Å²) in [5.41, 5.74) is 4.69. The second kappa shape index (κ2) is 9.57. The van der Waals surface area contributed by atoms with Gasteiger partial charge in [-0.25, -0.2) is 4.98 Å². The molecular weight excluding hydrogens is 390 g/mol. The smallest absolute Gasteiger partial charge is 0.229 e. The summed E-state index contributed by atoms with van der Waals surface area (Å²) in [6, 6.07) is 17.5. The maximum atomic E-state index is 12.3. The van der Waals surface area contributed by atoms with Gasteiger partial charge in [-0.2, -0.15) is 4.98 Å². The number of aromatic nitrogens is 2. The summed E-state index contributed by atoms with van der Waals surface area (Å²) in [6.07, 6.45) is 0.349. The highest BCUT2D eigenvalue weighted by Gasteiger charge is 2.14. The molecule has 2 N–H and O–H groups in total. The third-order valence-electron chi connectivity index (χ3n) is 5.09. The van der Waals surface area contributed by atoms with Crippen LogP contribution in [0.2, 0.25) is 0 Å². The molecule has 1 amide bonds. The minimum atomic E-state index is -0.0401. The van der Waals surface area contributed by atoms with Gasteiger partial charge in [0, 0.05) is 36.2 Å². The van der Waals surface area contributed by atoms with Crippen LogP contribution < -0.4 is 15.5 Å². The van der Waals surface area contributed by atoms with E-state index in [1.54, 1.807) is 0 Å². The Kier molecular flexibility index (Phi) is 6.43. The van der Waals surface area contributed by atoms with E-state index < -0.39 is 0 Å². The summed E-state index contributed by atoms with van der Waals surface area (Å²) in [5.74, 6) is 1.41. The number of rotatable bonds is 6. The molecule has 0 aliphatic carbocycles. The molecule has 3 aromatic rings. The minimum absolute atomic E-state index is 0.0401. The van der Waals surface area contributed by atoms with Crippen LogP contribution in [0.15, 0.2) is 54.6 Å². The van der Waals surface area contributed by atoms with E-state index in [9.17, 15) is 4.79 Å². The molecule has 0 radical (unpaired) electrons. The Bertz CT molecular complexity index is 1030. The Balaban J connectivity index is 1.37. The Morgan fingerprint density at radius 2 is 1.65 bits per heavy atom. The highest BCUT2D eigenvalue weighted by atomic mass is 16.5. The lowest BCUT2D eigenvalue weighted by molar-refractivity contribution is -0.115. The van der Waals surface area contributed by atoms with Gasteiger partial charge in [0.05, 0.1) is 19.6 Å². The van der Waals surface area contributed by atoms with Crippen LogP contribution in [0.4, 0.5) is 23.1 Å². The molecule has 2 heterocycles. The molecule has 0 spiro atoms. The van der Waals surface area contributed by atoms with E-state index >= 15 is 0 Å². The lowest BCUT2D eigenvalue weighted by atomic mass is 10.1. The summed E-state index contributed by atoms with van der Waals surface area (Å²) in [6.45, 7) is 7.07. The zero-order valence-corrected chi connectivity index (χ0v) is 17.9. The van der Waals surface area contributed by atoms with Crippen molar-refractivity contribution < 1.29 is 9.53 Å². The first-order valence-electron chi connectivity index (χ1n) is 10.5. The number of carbonyl (C=O) groups is 1. The maximum absolute atomic E-state index is 12.3. The Morgan fingerprint density at radius 1 is 0.968 bits per heavy atom. The first-order valence-corrected chi connectivity index (χ1v) is 10.5. The molecule has 0 saturated carbocycles. The number of carbonyl (C=O) groups excluding carboxylic acids is 1. The normalized spacial score (nSPS) is 13.7. The molecule has 0 unspecified atom stereocenters. The van der Waals surface area contributed by atoms with Crippen molar-refractivity contribution in [2.75, 3.05) is 41.8 Å². The summed E-state index contributed by atoms with van der Waals surface area (Å²) in [7, 11) is 0. The molecule has 1 saturated heterocycles. The van der Waals surface area contributed by atoms with Gasteiger partial charge in [-0.3, -0.25) is 4.79 Å². The second-order valence-corrected chi connectivity index (χ2v) is 7.70. The van der Waals surface area contributed by atoms with Gasteiger partial charge in [-0.05, 0) is 43.7 Å². The molecule has 7 nitrogen and oxygen atoms in total. The van der Waals surface area contributed by atoms with Gasteiger partial charge in [-0.15, -0.1) is 0 Å². The number of nitrogens with zero attached hydrogens (tertiary/aromatic N) is 3. The zero-order chi connectivity index (χ0) is 21.6. The molecule has 1 aliphatic rings. The average molecular weight is 418 g/mol. The van der Waals surface area contributed by atoms with Crippen molar-refractivity contribution in [1.82, 2.24) is 9.97 Å². The summed E-state index contributed by atoms with van der Waals surface area (Å²) in [5, 5.41) is 6.20. The van der Waals surface area contributed by atoms with Crippen LogP contribution in [-0.4, -0.2) is 42.2 Å². The van der Waals surface area contributed by atoms with Crippen LogP contribution in [0.25, 0.3) is 0 Å². The Labute approximate surface area is 182 Å². The van der Waals surface area contributed by atoms with E-state index in [4.69, 9.17) is 4.74 Å². The van der Waals surface area contributed by atoms with E-state index in [1.807, 2.05) is 68.4 Å². The Hall–Kier alpha value is -3.45. The fraction of sp³-hybridized carbons (Fsp3) is 0.292. The molecule has 0 atom stereocenters. The number of benzene rings is 2. The van der Waals surface area contributed by atoms with Crippen molar-refractivity contribution in [2.45, 2.75) is 20.3 Å². The molecule has 7 heteroatoms. The van der Waals surface area contributed by atoms with E-state index in [-0.39, 0.29) is 5.91 Å². The van der Waals surface area contributed by atoms with Crippen LogP contribution in [0, 0.1) is 13.8 Å². The number of aryl methyl sites for hydroxylation is 2. The third kappa shape index (κ3) is 5.79. The molecule has 1 aromatic heterocycles. The maximum Gasteiger partial charge on any atom is 0.229 e. The van der Waals surface area contributed by atoms with Gasteiger partial charge in [0.2, 0.25) is 11.9 Å². The number of amides is 1. The van der Waals surface area contributed by atoms with Gasteiger partial charge >= 0.3 is 0 Å². The first-order chi connectivity index (χ1) is 15.0. The molecule has 160 valence electrons. The number of hydrogen-bond acceptors (Lipinski definition) is 6. The zero-order valence-electron chi connectivity index (χ0n) is 17.9. The number of anilines is 4. The molecule has 0 bridgehead atoms. The van der Waals surface area contributed by atoms with Crippen LogP contribution in [0.1, 0.15) is 16.8 Å². The van der Waals surface area contributed by atoms with Gasteiger partial charge in [0.15, 0.2) is 0 Å². The minimum Gasteiger partial charge on any atom is -0.378 e. The molecule has 2 aromatic carbocycles. The van der Waals surface area contributed by atoms with Crippen LogP contribution in [-0.2, 0) is 16.0 Å². The van der Waals surface area contributed by atoms with Crippen molar-refractivity contribution in [3.8, 4) is 0 Å². The van der Waals surface area contributed by atoms with Crippen molar-refractivity contribution in [2.24, 2.45) is 0 Å². The summed E-state index contributed by atoms with van der Waals surface area (Å²) >= 11 is 0. The predicted molar refractivity (Wildman–Crippen MR) is 123 cm³/mol. The highest BCUT2D eigenvalue weighted by Crippen LogP contribution is 2.21. The molecule has 1 fully saturated rings. The standard InChI is InChI=1S/C24H27N5O2/c1-17-3-5-19(6-4-17)16-23(30)26-20-7-9-21(10-8-20)27-24-25-18(2)15-22(28-24)29-11-13-31-14-12-29/h3-10,15H,11-14,16H2,1-2H3,(H,26,30)(H,25,27,28). The molecule has 4 rings (SSSR count). The summed E-state index contributed by atoms with van der Waals surface area (Å²) < 4.78 is 5.42. The average Bonchev–Trinajstić information content (AvgIpc) is 2.77. The van der Waals surface area contributed by atoms with E-state index in [1.165, 1.54) is 5.56 Å². The lowest BCUT2D eigenvalue weighted by Crippen LogP contribution is -2.36. The van der Waals surface area contributed by atoms with Crippen molar-refractivity contribution in [3.63, 3.8) is 0 Å². The number of hydrogen-bond donors (Lipinski definition) is 2. The van der Waals surface area contributed by atoms with Gasteiger partial charge in [-0.1, -0.05) is 29.8 Å². The molecular formula is C24H27N5O2. The van der Waals surface area contributed by atoms with Crippen LogP contribution >= 0.6 is 0 Å². The fourth-order valence-electron chi connectivity index (χ4n) is 3.42. The van der Waals surface area contributed by atoms with Crippen LogP contribution in [0.3, 0.4) is 0 Å². The van der Waals surface area contributed by atoms with Crippen molar-refractivity contribution in [3.05, 3.63) is 71.4 Å². The molecule has 31 heavy (non-hydrogen) atoms. The fourth-order valence-corrected chi connectivity index (χ4v) is 3.42. The Morgan fingerprint density at radius 3 is 2.35 bits per heavy atom. The second-order valence-electron chi connectivity index (χ2n) is 7.70. The van der Waals surface area contributed by atoms with Crippen molar-refractivity contribution >= 4 is 29.0 Å². The van der Waals surface area contributed by atoms with E-state index in [0.29, 0.717) is 25.6 Å². The molecule has 1 aliphatic heterocycles. The lowest BCUT2D eigenvalue weighted by Gasteiger charge is -2.28. The van der Waals surface area contributed by atoms with Gasteiger partial charge < -0.3 is 20.3 Å². The van der Waals surface area contributed by atoms with Crippen molar-refractivity contribution in [1.29, 1.82) is 0 Å². The van der Waals surface area contributed by atoms with Gasteiger partial charge in [0.1, 0.15) is 5.82 Å². The highest BCUT2D eigenvalue weighted by molar-refractivity contribution is 5.92. The quantitative estimate of drug-likeness (QED) is 0.634. The largest absolute Gasteiger partial charge is 0.378 e.